The van der Waals surface area contributed by atoms with E-state index < -0.39 is 69.7 Å². The molecule has 490 valence electrons. The maximum absolute atomic E-state index is 6.22. The van der Waals surface area contributed by atoms with E-state index in [0.29, 0.717) is 79.3 Å². The molecule has 3 aliphatic heterocycles. The van der Waals surface area contributed by atoms with Crippen molar-refractivity contribution < 1.29 is 78.7 Å². The number of hydrogen-bond donors (Lipinski definition) is 0. The van der Waals surface area contributed by atoms with Crippen LogP contribution in [0.2, 0.25) is 43.8 Å². The second kappa shape index (κ2) is 43.6. The number of benzene rings is 2. The molecular weight excluding hydrogens is 1290 g/mol. The molecule has 18 nitrogen and oxygen atoms in total. The van der Waals surface area contributed by atoms with Gasteiger partial charge in [0.15, 0.2) is 0 Å². The highest BCUT2D eigenvalue weighted by Crippen LogP contribution is 2.49. The topological polar surface area (TPSA) is 166 Å². The molecule has 0 N–H and O–H groups in total. The van der Waals surface area contributed by atoms with Gasteiger partial charge in [-0.15, -0.1) is 0 Å². The molecule has 0 unspecified atom stereocenters. The highest BCUT2D eigenvalue weighted by atomic mass is 33.1. The second-order valence-electron chi connectivity index (χ2n) is 19.8. The minimum Gasteiger partial charge on any atom is -0.374 e. The fourth-order valence-corrected chi connectivity index (χ4v) is 36.6. The van der Waals surface area contributed by atoms with Crippen molar-refractivity contribution >= 4 is 134 Å². The molecule has 2 aromatic carbocycles. The maximum atomic E-state index is 6.22. The zero-order valence-corrected chi connectivity index (χ0v) is 65.8. The van der Waals surface area contributed by atoms with E-state index in [1.54, 1.807) is 21.3 Å². The lowest BCUT2D eigenvalue weighted by molar-refractivity contribution is -0.0207. The lowest BCUT2D eigenvalue weighted by Crippen LogP contribution is -2.92. The van der Waals surface area contributed by atoms with Crippen molar-refractivity contribution in [2.75, 3.05) is 124 Å². The van der Waals surface area contributed by atoms with E-state index in [0.717, 1.165) is 75.4 Å². The van der Waals surface area contributed by atoms with E-state index in [1.807, 2.05) is 175 Å². The van der Waals surface area contributed by atoms with Crippen LogP contribution in [-0.2, 0) is 78.7 Å². The van der Waals surface area contributed by atoms with Gasteiger partial charge in [0.2, 0.25) is 0 Å². The largest absolute Gasteiger partial charge is 0.537 e. The van der Waals surface area contributed by atoms with E-state index in [1.165, 1.54) is 18.2 Å². The predicted octanol–water partition coefficient (Wildman–Crippen LogP) is 10.9. The molecule has 3 aliphatic rings. The van der Waals surface area contributed by atoms with E-state index in [-0.39, 0.29) is 0 Å². The Kier molecular flexibility index (Phi) is 42.1. The molecule has 0 radical (unpaired) electrons. The summed E-state index contributed by atoms with van der Waals surface area (Å²) in [5.74, 6) is 4.52. The third-order valence-electron chi connectivity index (χ3n) is 12.5. The van der Waals surface area contributed by atoms with E-state index in [9.17, 15) is 0 Å². The van der Waals surface area contributed by atoms with Gasteiger partial charge in [0.1, 0.15) is 0 Å². The smallest absolute Gasteiger partial charge is 0.374 e. The van der Waals surface area contributed by atoms with Crippen LogP contribution in [0.1, 0.15) is 109 Å². The van der Waals surface area contributed by atoms with Crippen LogP contribution in [0.5, 0.6) is 0 Å². The Balaban J connectivity index is 0.000000432. The van der Waals surface area contributed by atoms with Crippen LogP contribution >= 0.6 is 43.2 Å². The zero-order valence-electron chi connectivity index (χ0n) is 54.6. The Morgan fingerprint density at radius 3 is 0.881 bits per heavy atom. The van der Waals surface area contributed by atoms with Gasteiger partial charge in [-0.25, -0.2) is 0 Å². The molecule has 3 saturated heterocycles. The molecule has 3 fully saturated rings. The van der Waals surface area contributed by atoms with Crippen LogP contribution in [0.4, 0.5) is 0 Å². The minimum atomic E-state index is -2.92. The van der Waals surface area contributed by atoms with Crippen molar-refractivity contribution in [2.45, 2.75) is 153 Å². The summed E-state index contributed by atoms with van der Waals surface area (Å²) in [6, 6.07) is 20.0. The molecule has 30 heteroatoms. The van der Waals surface area contributed by atoms with Crippen LogP contribution in [0.3, 0.4) is 0 Å². The quantitative estimate of drug-likeness (QED) is 0.0348. The van der Waals surface area contributed by atoms with Gasteiger partial charge in [-0.05, 0) is 109 Å². The van der Waals surface area contributed by atoms with Gasteiger partial charge in [0.05, 0.1) is 0 Å². The van der Waals surface area contributed by atoms with Gasteiger partial charge in [-0.1, -0.05) is 117 Å². The first-order chi connectivity index (χ1) is 40.4. The monoisotopic (exact) mass is 1400 g/mol. The molecule has 2 bridgehead atoms. The van der Waals surface area contributed by atoms with Gasteiger partial charge in [0, 0.05) is 171 Å². The minimum absolute atomic E-state index is 0.531. The van der Waals surface area contributed by atoms with Crippen LogP contribution in [0.15, 0.2) is 48.5 Å². The third kappa shape index (κ3) is 26.1. The van der Waals surface area contributed by atoms with Crippen molar-refractivity contribution in [2.24, 2.45) is 0 Å². The number of hydrogen-bond acceptors (Lipinski definition) is 22. The maximum Gasteiger partial charge on any atom is 0.537 e. The Bertz CT molecular complexity index is 1810. The first-order valence-corrected chi connectivity index (χ1v) is 51.9. The van der Waals surface area contributed by atoms with Crippen molar-refractivity contribution in [1.29, 1.82) is 0 Å². The molecule has 0 aliphatic carbocycles. The molecule has 2 aromatic rings. The van der Waals surface area contributed by atoms with Gasteiger partial charge in [-0.3, -0.25) is 0 Å². The van der Waals surface area contributed by atoms with Gasteiger partial charge >= 0.3 is 61.6 Å². The first-order valence-electron chi connectivity index (χ1n) is 30.5. The third-order valence-corrected chi connectivity index (χ3v) is 43.5. The average molecular weight is 1400 g/mol. The van der Waals surface area contributed by atoms with Crippen LogP contribution in [0.25, 0.3) is 0 Å². The SMILES string of the molecule is CCO[Si](CCCSSCCC[Si](OCC)(OCC)OCC)(OCC)OCC.CCO[Si](OCC)(OCC)c1ccc([Si](OCC)(OCC)OCC)cc1.CO[Si](OC)(OC)c1ccc([Si]23O[Si](CCCSSCCC[Si](C)(C)C)(O2)O3)cc1. The highest BCUT2D eigenvalue weighted by Gasteiger charge is 2.82. The van der Waals surface area contributed by atoms with Crippen molar-refractivity contribution in [3.63, 3.8) is 0 Å². The fourth-order valence-electron chi connectivity index (χ4n) is 9.16. The standard InChI is InChI=1S/C18H34O6S2Si4.C18H42O6S2Si2.C18H34O6Si2/c1-19-29(20-2,21-3)17-9-11-18(12-10-17)30-22-28(23-30,24-30)16-8-14-26-25-13-7-15-27(4,5)6;1-7-19-27(20-8-2,21-9-3)17-13-15-25-26-16-14-18-28(22-10-4,23-11-5)24-12-6;1-7-19-25(20-8-2,21-9-3)17-13-15-18(16-14-17)26(22-10-4,23-11-5)24-12-6/h9-12H,7-8,13-16H2,1-6H3;7-18H2,1-6H3;13-16H,7-12H2,1-6H3. The summed E-state index contributed by atoms with van der Waals surface area (Å²) >= 11 is 0. The summed E-state index contributed by atoms with van der Waals surface area (Å²) < 4.78 is 107. The molecule has 0 saturated carbocycles. The Labute approximate surface area is 533 Å². The van der Waals surface area contributed by atoms with E-state index in [4.69, 9.17) is 78.7 Å². The van der Waals surface area contributed by atoms with Gasteiger partial charge in [0.25, 0.3) is 0 Å². The van der Waals surface area contributed by atoms with E-state index >= 15 is 0 Å². The first kappa shape index (κ1) is 80.9. The molecule has 0 spiro atoms. The Hall–Kier alpha value is 0.855. The average Bonchev–Trinajstić information content (AvgIpc) is 0.690. The Morgan fingerprint density at radius 1 is 0.345 bits per heavy atom. The fraction of sp³-hybridized carbons (Fsp3) is 0.778. The summed E-state index contributed by atoms with van der Waals surface area (Å²) in [7, 11) is -6.78. The molecule has 0 atom stereocenters. The van der Waals surface area contributed by atoms with Crippen molar-refractivity contribution in [3.8, 4) is 0 Å². The Morgan fingerprint density at radius 2 is 0.607 bits per heavy atom. The summed E-state index contributed by atoms with van der Waals surface area (Å²) in [6.45, 7) is 38.0. The molecule has 0 aromatic heterocycles. The summed E-state index contributed by atoms with van der Waals surface area (Å²) in [4.78, 5) is 0. The van der Waals surface area contributed by atoms with Crippen molar-refractivity contribution in [3.05, 3.63) is 48.5 Å². The predicted molar refractivity (Wildman–Crippen MR) is 366 cm³/mol. The highest BCUT2D eigenvalue weighted by molar-refractivity contribution is 8.77. The number of rotatable bonds is 49. The molecule has 5 rings (SSSR count). The normalized spacial score (nSPS) is 17.3. The summed E-state index contributed by atoms with van der Waals surface area (Å²) in [6.07, 6.45) is 4.51. The summed E-state index contributed by atoms with van der Waals surface area (Å²) in [5.41, 5.74) is 0. The summed E-state index contributed by atoms with van der Waals surface area (Å²) in [5, 5.41) is 3.77. The van der Waals surface area contributed by atoms with Crippen LogP contribution in [-0.4, -0.2) is 193 Å². The van der Waals surface area contributed by atoms with Gasteiger partial charge in [-0.2, -0.15) is 0 Å². The molecule has 0 amide bonds. The van der Waals surface area contributed by atoms with Crippen molar-refractivity contribution in [1.82, 2.24) is 0 Å². The van der Waals surface area contributed by atoms with Gasteiger partial charge < -0.3 is 78.7 Å². The molecule has 84 heavy (non-hydrogen) atoms. The zero-order chi connectivity index (χ0) is 62.5. The molecular formula is C54H110O18S4Si8. The van der Waals surface area contributed by atoms with Crippen LogP contribution in [0, 0.1) is 0 Å². The van der Waals surface area contributed by atoms with E-state index in [2.05, 4.69) is 19.6 Å². The lowest BCUT2D eigenvalue weighted by atomic mass is 10.4. The second-order valence-corrected chi connectivity index (χ2v) is 50.3. The van der Waals surface area contributed by atoms with Crippen LogP contribution < -0.4 is 20.7 Å². The lowest BCUT2D eigenvalue weighted by Gasteiger charge is -2.63. The molecule has 3 heterocycles.